The van der Waals surface area contributed by atoms with Crippen molar-refractivity contribution in [2.75, 3.05) is 0 Å². The molecule has 0 saturated carbocycles. The van der Waals surface area contributed by atoms with Gasteiger partial charge >= 0.3 is 5.92 Å². The molecule has 10 heteroatoms. The second-order valence-corrected chi connectivity index (χ2v) is 6.12. The van der Waals surface area contributed by atoms with Crippen LogP contribution >= 0.6 is 0 Å². The normalized spacial score (nSPS) is 11.3. The zero-order valence-corrected chi connectivity index (χ0v) is 14.8. The van der Waals surface area contributed by atoms with Crippen molar-refractivity contribution in [3.8, 4) is 6.07 Å². The second kappa shape index (κ2) is 7.35. The minimum absolute atomic E-state index is 0.0304. The van der Waals surface area contributed by atoms with E-state index in [9.17, 15) is 27.2 Å². The van der Waals surface area contributed by atoms with E-state index in [1.165, 1.54) is 18.2 Å². The van der Waals surface area contributed by atoms with Gasteiger partial charge in [0.15, 0.2) is 11.6 Å². The van der Waals surface area contributed by atoms with Crippen LogP contribution in [0.3, 0.4) is 0 Å². The molecule has 1 amide bonds. The summed E-state index contributed by atoms with van der Waals surface area (Å²) >= 11 is 0. The van der Waals surface area contributed by atoms with Gasteiger partial charge in [0.05, 0.1) is 23.3 Å². The molecule has 0 saturated heterocycles. The van der Waals surface area contributed by atoms with E-state index in [-0.39, 0.29) is 16.9 Å². The molecule has 0 fully saturated rings. The number of alkyl halides is 2. The quantitative estimate of drug-likeness (QED) is 0.654. The van der Waals surface area contributed by atoms with Gasteiger partial charge in [0.25, 0.3) is 11.5 Å². The zero-order chi connectivity index (χ0) is 21.3. The summed E-state index contributed by atoms with van der Waals surface area (Å²) in [6, 6.07) is 7.82. The SMILES string of the molecule is Cc1c(C(F)(F)C(=O)NCc2cccc(C#N)n2)c(=O)[nH]c2ccc(F)c(F)c12. The maximum Gasteiger partial charge on any atom is 0.355 e. The number of aryl methyl sites for hydroxylation is 1. The molecular formula is C19H12F4N4O2. The lowest BCUT2D eigenvalue weighted by molar-refractivity contribution is -0.147. The highest BCUT2D eigenvalue weighted by atomic mass is 19.3. The van der Waals surface area contributed by atoms with Gasteiger partial charge in [-0.05, 0) is 36.8 Å². The molecular weight excluding hydrogens is 392 g/mol. The first-order chi connectivity index (χ1) is 13.7. The molecule has 3 aromatic rings. The first-order valence-corrected chi connectivity index (χ1v) is 8.20. The number of amides is 1. The molecule has 0 spiro atoms. The van der Waals surface area contributed by atoms with Gasteiger partial charge < -0.3 is 10.3 Å². The standard InChI is InChI=1S/C19H12F4N4O2/c1-9-14-13(6-5-12(20)16(14)21)27-17(28)15(9)19(22,23)18(29)25-8-11-4-2-3-10(7-24)26-11/h2-6H,8H2,1H3,(H,25,29)(H,27,28). The van der Waals surface area contributed by atoms with E-state index in [2.05, 4.69) is 4.98 Å². The van der Waals surface area contributed by atoms with E-state index < -0.39 is 52.1 Å². The van der Waals surface area contributed by atoms with Crippen LogP contribution in [0.5, 0.6) is 0 Å². The van der Waals surface area contributed by atoms with Crippen LogP contribution in [0.2, 0.25) is 0 Å². The Bertz CT molecular complexity index is 1230. The van der Waals surface area contributed by atoms with Crippen molar-refractivity contribution in [2.24, 2.45) is 0 Å². The number of aromatic nitrogens is 2. The molecule has 2 aromatic heterocycles. The Hall–Kier alpha value is -3.74. The lowest BCUT2D eigenvalue weighted by atomic mass is 9.99. The van der Waals surface area contributed by atoms with Crippen LogP contribution in [0.4, 0.5) is 17.6 Å². The Labute approximate surface area is 160 Å². The van der Waals surface area contributed by atoms with Crippen LogP contribution in [0.1, 0.15) is 22.5 Å². The minimum Gasteiger partial charge on any atom is -0.345 e. The lowest BCUT2D eigenvalue weighted by Gasteiger charge is -2.19. The fourth-order valence-electron chi connectivity index (χ4n) is 2.92. The average molecular weight is 404 g/mol. The minimum atomic E-state index is -4.34. The number of nitriles is 1. The Balaban J connectivity index is 1.99. The molecule has 3 rings (SSSR count). The Morgan fingerprint density at radius 2 is 2.00 bits per heavy atom. The summed E-state index contributed by atoms with van der Waals surface area (Å²) in [6.07, 6.45) is 0. The summed E-state index contributed by atoms with van der Waals surface area (Å²) in [5.74, 6) is -8.86. The predicted molar refractivity (Wildman–Crippen MR) is 93.9 cm³/mol. The summed E-state index contributed by atoms with van der Waals surface area (Å²) in [4.78, 5) is 30.2. The molecule has 29 heavy (non-hydrogen) atoms. The molecule has 0 unspecified atom stereocenters. The summed E-state index contributed by atoms with van der Waals surface area (Å²) in [7, 11) is 0. The van der Waals surface area contributed by atoms with Crippen molar-refractivity contribution in [3.63, 3.8) is 0 Å². The number of aromatic amines is 1. The van der Waals surface area contributed by atoms with Gasteiger partial charge in [-0.3, -0.25) is 9.59 Å². The lowest BCUT2D eigenvalue weighted by Crippen LogP contribution is -2.42. The van der Waals surface area contributed by atoms with Crippen molar-refractivity contribution in [1.82, 2.24) is 15.3 Å². The highest BCUT2D eigenvalue weighted by molar-refractivity contribution is 5.89. The number of nitrogens with one attached hydrogen (secondary N) is 2. The molecule has 0 bridgehead atoms. The summed E-state index contributed by atoms with van der Waals surface area (Å²) in [6.45, 7) is 0.575. The number of nitrogens with zero attached hydrogens (tertiary/aromatic N) is 2. The first kappa shape index (κ1) is 20.0. The zero-order valence-electron chi connectivity index (χ0n) is 14.8. The number of benzene rings is 1. The maximum atomic E-state index is 14.8. The van der Waals surface area contributed by atoms with Crippen molar-refractivity contribution in [2.45, 2.75) is 19.4 Å². The van der Waals surface area contributed by atoms with Gasteiger partial charge in [0.2, 0.25) is 0 Å². The van der Waals surface area contributed by atoms with Gasteiger partial charge in [0.1, 0.15) is 11.8 Å². The third-order valence-electron chi connectivity index (χ3n) is 4.27. The molecule has 2 N–H and O–H groups in total. The smallest absolute Gasteiger partial charge is 0.345 e. The van der Waals surface area contributed by atoms with Gasteiger partial charge in [-0.25, -0.2) is 13.8 Å². The number of carbonyl (C=O) groups excluding carboxylic acids is 1. The van der Waals surface area contributed by atoms with E-state index in [1.54, 1.807) is 6.07 Å². The topological polar surface area (TPSA) is 98.6 Å². The first-order valence-electron chi connectivity index (χ1n) is 8.20. The summed E-state index contributed by atoms with van der Waals surface area (Å²) in [5, 5.41) is 10.2. The number of fused-ring (bicyclic) bond motifs is 1. The second-order valence-electron chi connectivity index (χ2n) is 6.12. The van der Waals surface area contributed by atoms with Gasteiger partial charge in [-0.2, -0.15) is 14.0 Å². The number of carbonyl (C=O) groups is 1. The van der Waals surface area contributed by atoms with Crippen LogP contribution < -0.4 is 10.9 Å². The highest BCUT2D eigenvalue weighted by Gasteiger charge is 2.45. The number of H-pyrrole nitrogens is 1. The number of rotatable bonds is 4. The van der Waals surface area contributed by atoms with Crippen molar-refractivity contribution < 1.29 is 22.4 Å². The van der Waals surface area contributed by atoms with Crippen molar-refractivity contribution >= 4 is 16.8 Å². The molecule has 2 heterocycles. The van der Waals surface area contributed by atoms with Crippen LogP contribution in [0, 0.1) is 29.9 Å². The molecule has 0 aliphatic rings. The van der Waals surface area contributed by atoms with Crippen LogP contribution in [0.25, 0.3) is 10.9 Å². The van der Waals surface area contributed by atoms with Gasteiger partial charge in [0, 0.05) is 5.39 Å². The van der Waals surface area contributed by atoms with E-state index >= 15 is 0 Å². The molecule has 6 nitrogen and oxygen atoms in total. The Morgan fingerprint density at radius 3 is 2.69 bits per heavy atom. The third kappa shape index (κ3) is 3.54. The van der Waals surface area contributed by atoms with E-state index in [4.69, 9.17) is 5.26 Å². The monoisotopic (exact) mass is 404 g/mol. The van der Waals surface area contributed by atoms with Gasteiger partial charge in [-0.15, -0.1) is 0 Å². The van der Waals surface area contributed by atoms with E-state index in [0.717, 1.165) is 19.1 Å². The molecule has 0 atom stereocenters. The fourth-order valence-corrected chi connectivity index (χ4v) is 2.92. The van der Waals surface area contributed by atoms with Crippen molar-refractivity contribution in [1.29, 1.82) is 5.26 Å². The van der Waals surface area contributed by atoms with Crippen molar-refractivity contribution in [3.05, 3.63) is 74.8 Å². The largest absolute Gasteiger partial charge is 0.355 e. The van der Waals surface area contributed by atoms with E-state index in [1.807, 2.05) is 10.3 Å². The number of halogens is 4. The third-order valence-corrected chi connectivity index (χ3v) is 4.27. The molecule has 148 valence electrons. The number of hydrogen-bond acceptors (Lipinski definition) is 4. The Kier molecular flexibility index (Phi) is 5.07. The highest BCUT2D eigenvalue weighted by Crippen LogP contribution is 2.32. The molecule has 0 aliphatic carbocycles. The Morgan fingerprint density at radius 1 is 1.28 bits per heavy atom. The maximum absolute atomic E-state index is 14.8. The summed E-state index contributed by atoms with van der Waals surface area (Å²) < 4.78 is 57.2. The van der Waals surface area contributed by atoms with Gasteiger partial charge in [-0.1, -0.05) is 6.07 Å². The molecule has 1 aromatic carbocycles. The molecule has 0 aliphatic heterocycles. The molecule has 0 radical (unpaired) electrons. The van der Waals surface area contributed by atoms with E-state index in [0.29, 0.717) is 0 Å². The summed E-state index contributed by atoms with van der Waals surface area (Å²) in [5.41, 5.74) is -3.14. The van der Waals surface area contributed by atoms with Crippen LogP contribution in [0.15, 0.2) is 35.1 Å². The fraction of sp³-hybridized carbons (Fsp3) is 0.158. The predicted octanol–water partition coefficient (Wildman–Crippen LogP) is 2.79. The number of hydrogen-bond donors (Lipinski definition) is 2. The average Bonchev–Trinajstić information content (AvgIpc) is 2.68. The number of pyridine rings is 2. The van der Waals surface area contributed by atoms with Crippen LogP contribution in [-0.2, 0) is 17.3 Å². The van der Waals surface area contributed by atoms with Crippen LogP contribution in [-0.4, -0.2) is 15.9 Å².